The number of amides is 1. The van der Waals surface area contributed by atoms with Crippen molar-refractivity contribution in [3.63, 3.8) is 0 Å². The molecule has 0 aliphatic heterocycles. The Hall–Kier alpha value is -0.910. The first-order valence-electron chi connectivity index (χ1n) is 6.29. The third-order valence-corrected chi connectivity index (χ3v) is 3.87. The first-order valence-corrected chi connectivity index (χ1v) is 7.17. The van der Waals surface area contributed by atoms with Gasteiger partial charge in [0.05, 0.1) is 12.1 Å². The van der Waals surface area contributed by atoms with Gasteiger partial charge < -0.3 is 16.0 Å². The van der Waals surface area contributed by atoms with Crippen LogP contribution in [0.3, 0.4) is 0 Å². The average Bonchev–Trinajstić information content (AvgIpc) is 2.82. The highest BCUT2D eigenvalue weighted by molar-refractivity contribution is 7.10. The Morgan fingerprint density at radius 2 is 2.28 bits per heavy atom. The molecule has 1 amide bonds. The molecule has 0 aromatic carbocycles. The number of nitrogens with one attached hydrogen (secondary N) is 1. The number of hydrogen-bond acceptors (Lipinski definition) is 4. The fraction of sp³-hybridized carbons (Fsp3) is 0.615. The molecule has 4 nitrogen and oxygen atoms in total. The highest BCUT2D eigenvalue weighted by Crippen LogP contribution is 2.22. The van der Waals surface area contributed by atoms with E-state index in [1.807, 2.05) is 27.1 Å². The van der Waals surface area contributed by atoms with Gasteiger partial charge in [0.15, 0.2) is 0 Å². The van der Waals surface area contributed by atoms with Crippen molar-refractivity contribution in [2.45, 2.75) is 31.8 Å². The minimum absolute atomic E-state index is 0.0553. The first-order chi connectivity index (χ1) is 8.56. The average molecular weight is 269 g/mol. The van der Waals surface area contributed by atoms with Gasteiger partial charge in [-0.25, -0.2) is 0 Å². The summed E-state index contributed by atoms with van der Waals surface area (Å²) in [4.78, 5) is 15.1. The SMILES string of the molecule is CCC[C@@H](N)C(=O)NCC(c1cccs1)N(C)C. The summed E-state index contributed by atoms with van der Waals surface area (Å²) < 4.78 is 0. The van der Waals surface area contributed by atoms with Gasteiger partial charge in [-0.1, -0.05) is 19.4 Å². The van der Waals surface area contributed by atoms with Crippen LogP contribution in [0.2, 0.25) is 0 Å². The number of likely N-dealkylation sites (N-methyl/N-ethyl adjacent to an activating group) is 1. The first kappa shape index (κ1) is 15.1. The van der Waals surface area contributed by atoms with E-state index in [2.05, 4.69) is 21.7 Å². The Morgan fingerprint density at radius 3 is 2.78 bits per heavy atom. The standard InChI is InChI=1S/C13H23N3OS/c1-4-6-10(14)13(17)15-9-11(16(2)3)12-7-5-8-18-12/h5,7-8,10-11H,4,6,9,14H2,1-3H3,(H,15,17)/t10-,11?/m1/s1. The van der Waals surface area contributed by atoms with Crippen molar-refractivity contribution in [3.05, 3.63) is 22.4 Å². The maximum absolute atomic E-state index is 11.8. The number of rotatable bonds is 7. The maximum Gasteiger partial charge on any atom is 0.236 e. The van der Waals surface area contributed by atoms with E-state index in [1.54, 1.807) is 11.3 Å². The third kappa shape index (κ3) is 4.40. The summed E-state index contributed by atoms with van der Waals surface area (Å²) in [7, 11) is 4.03. The van der Waals surface area contributed by atoms with Crippen molar-refractivity contribution in [3.8, 4) is 0 Å². The van der Waals surface area contributed by atoms with E-state index in [4.69, 9.17) is 5.73 Å². The van der Waals surface area contributed by atoms with Crippen LogP contribution in [0.4, 0.5) is 0 Å². The summed E-state index contributed by atoms with van der Waals surface area (Å²) in [5.74, 6) is -0.0553. The lowest BCUT2D eigenvalue weighted by molar-refractivity contribution is -0.122. The third-order valence-electron chi connectivity index (χ3n) is 2.90. The van der Waals surface area contributed by atoms with Crippen molar-refractivity contribution < 1.29 is 4.79 Å². The molecule has 0 aliphatic carbocycles. The fourth-order valence-electron chi connectivity index (χ4n) is 1.79. The summed E-state index contributed by atoms with van der Waals surface area (Å²) >= 11 is 1.71. The highest BCUT2D eigenvalue weighted by Gasteiger charge is 2.18. The lowest BCUT2D eigenvalue weighted by atomic mass is 10.1. The van der Waals surface area contributed by atoms with Crippen LogP contribution in [-0.4, -0.2) is 37.5 Å². The van der Waals surface area contributed by atoms with Crippen molar-refractivity contribution in [2.75, 3.05) is 20.6 Å². The molecule has 0 aliphatic rings. The van der Waals surface area contributed by atoms with Crippen molar-refractivity contribution in [1.82, 2.24) is 10.2 Å². The zero-order valence-corrected chi connectivity index (χ0v) is 12.2. The molecule has 0 bridgehead atoms. The van der Waals surface area contributed by atoms with Gasteiger partial charge >= 0.3 is 0 Å². The number of nitrogens with zero attached hydrogens (tertiary/aromatic N) is 1. The largest absolute Gasteiger partial charge is 0.353 e. The zero-order valence-electron chi connectivity index (χ0n) is 11.3. The van der Waals surface area contributed by atoms with Gasteiger partial charge in [-0.05, 0) is 32.0 Å². The zero-order chi connectivity index (χ0) is 13.5. The molecule has 1 rings (SSSR count). The van der Waals surface area contributed by atoms with Crippen LogP contribution in [0.1, 0.15) is 30.7 Å². The molecule has 0 spiro atoms. The van der Waals surface area contributed by atoms with Crippen LogP contribution < -0.4 is 11.1 Å². The Labute approximate surface area is 113 Å². The smallest absolute Gasteiger partial charge is 0.236 e. The lowest BCUT2D eigenvalue weighted by Gasteiger charge is -2.24. The van der Waals surface area contributed by atoms with E-state index in [0.29, 0.717) is 6.54 Å². The van der Waals surface area contributed by atoms with Gasteiger partial charge in [-0.15, -0.1) is 11.3 Å². The number of carbonyl (C=O) groups is 1. The quantitative estimate of drug-likeness (QED) is 0.790. The molecule has 102 valence electrons. The summed E-state index contributed by atoms with van der Waals surface area (Å²) in [5.41, 5.74) is 5.79. The highest BCUT2D eigenvalue weighted by atomic mass is 32.1. The number of nitrogens with two attached hydrogens (primary N) is 1. The second kappa shape index (κ2) is 7.51. The molecule has 18 heavy (non-hydrogen) atoms. The fourth-order valence-corrected chi connectivity index (χ4v) is 2.71. The molecule has 2 atom stereocenters. The van der Waals surface area contributed by atoms with Gasteiger partial charge in [0.1, 0.15) is 0 Å². The van der Waals surface area contributed by atoms with E-state index < -0.39 is 0 Å². The van der Waals surface area contributed by atoms with Crippen LogP contribution in [0.5, 0.6) is 0 Å². The topological polar surface area (TPSA) is 58.4 Å². The van der Waals surface area contributed by atoms with Crippen LogP contribution in [-0.2, 0) is 4.79 Å². The second-order valence-electron chi connectivity index (χ2n) is 4.64. The van der Waals surface area contributed by atoms with E-state index in [9.17, 15) is 4.79 Å². The van der Waals surface area contributed by atoms with Gasteiger partial charge in [0, 0.05) is 11.4 Å². The maximum atomic E-state index is 11.8. The number of thiophene rings is 1. The monoisotopic (exact) mass is 269 g/mol. The van der Waals surface area contributed by atoms with Crippen molar-refractivity contribution >= 4 is 17.2 Å². The summed E-state index contributed by atoms with van der Waals surface area (Å²) in [6.07, 6.45) is 1.66. The number of hydrogen-bond donors (Lipinski definition) is 2. The van der Waals surface area contributed by atoms with Crippen LogP contribution >= 0.6 is 11.3 Å². The normalized spacial score (nSPS) is 14.5. The number of carbonyl (C=O) groups excluding carboxylic acids is 1. The Kier molecular flexibility index (Phi) is 6.32. The molecule has 3 N–H and O–H groups in total. The van der Waals surface area contributed by atoms with Crippen molar-refractivity contribution in [1.29, 1.82) is 0 Å². The Morgan fingerprint density at radius 1 is 1.56 bits per heavy atom. The summed E-state index contributed by atoms with van der Waals surface area (Å²) in [6.45, 7) is 2.63. The second-order valence-corrected chi connectivity index (χ2v) is 5.61. The van der Waals surface area contributed by atoms with E-state index in [0.717, 1.165) is 12.8 Å². The Balaban J connectivity index is 2.51. The van der Waals surface area contributed by atoms with Crippen LogP contribution in [0, 0.1) is 0 Å². The molecule has 1 aromatic rings. The molecule has 1 unspecified atom stereocenters. The molecule has 0 saturated heterocycles. The summed E-state index contributed by atoms with van der Waals surface area (Å²) in [6, 6.07) is 3.94. The molecular formula is C13H23N3OS. The minimum atomic E-state index is -0.388. The van der Waals surface area contributed by atoms with Gasteiger partial charge in [-0.2, -0.15) is 0 Å². The lowest BCUT2D eigenvalue weighted by Crippen LogP contribution is -2.43. The van der Waals surface area contributed by atoms with E-state index >= 15 is 0 Å². The van der Waals surface area contributed by atoms with E-state index in [1.165, 1.54) is 4.88 Å². The molecular weight excluding hydrogens is 246 g/mol. The predicted molar refractivity (Wildman–Crippen MR) is 76.6 cm³/mol. The Bertz CT molecular complexity index is 351. The predicted octanol–water partition coefficient (Wildman–Crippen LogP) is 1.59. The molecule has 0 radical (unpaired) electrons. The molecule has 0 fully saturated rings. The molecule has 1 heterocycles. The van der Waals surface area contributed by atoms with Gasteiger partial charge in [0.25, 0.3) is 0 Å². The summed E-state index contributed by atoms with van der Waals surface area (Å²) in [5, 5.41) is 4.99. The van der Waals surface area contributed by atoms with Crippen LogP contribution in [0.15, 0.2) is 17.5 Å². The molecule has 0 saturated carbocycles. The van der Waals surface area contributed by atoms with E-state index in [-0.39, 0.29) is 18.0 Å². The molecule has 5 heteroatoms. The minimum Gasteiger partial charge on any atom is -0.353 e. The van der Waals surface area contributed by atoms with Gasteiger partial charge in [0.2, 0.25) is 5.91 Å². The van der Waals surface area contributed by atoms with Crippen LogP contribution in [0.25, 0.3) is 0 Å². The van der Waals surface area contributed by atoms with Crippen molar-refractivity contribution in [2.24, 2.45) is 5.73 Å². The molecule has 1 aromatic heterocycles. The van der Waals surface area contributed by atoms with Gasteiger partial charge in [-0.3, -0.25) is 4.79 Å².